The third-order valence-electron chi connectivity index (χ3n) is 1.44. The molecule has 1 aliphatic rings. The molecule has 3 nitrogen and oxygen atoms in total. The van der Waals surface area contributed by atoms with Gasteiger partial charge >= 0.3 is 5.97 Å². The summed E-state index contributed by atoms with van der Waals surface area (Å²) in [6.07, 6.45) is 0.247. The number of nitrogens with one attached hydrogen (secondary N) is 1. The van der Waals surface area contributed by atoms with E-state index in [1.165, 1.54) is 0 Å². The zero-order valence-corrected chi connectivity index (χ0v) is 6.65. The molecule has 0 amide bonds. The van der Waals surface area contributed by atoms with Crippen LogP contribution in [0.5, 0.6) is 0 Å². The Morgan fingerprint density at radius 1 is 1.90 bits per heavy atom. The molecule has 2 unspecified atom stereocenters. The Kier molecular flexibility index (Phi) is 2.56. The van der Waals surface area contributed by atoms with E-state index in [1.807, 2.05) is 6.92 Å². The molecule has 0 aromatic rings. The summed E-state index contributed by atoms with van der Waals surface area (Å²) in [5.74, 6) is 0.209. The van der Waals surface area contributed by atoms with Gasteiger partial charge < -0.3 is 10.4 Å². The minimum absolute atomic E-state index is 0.178. The van der Waals surface area contributed by atoms with E-state index >= 15 is 0 Å². The van der Waals surface area contributed by atoms with Crippen LogP contribution >= 0.6 is 11.8 Å². The molecule has 10 heavy (non-hydrogen) atoms. The van der Waals surface area contributed by atoms with Crippen molar-refractivity contribution in [2.45, 2.75) is 24.8 Å². The lowest BCUT2D eigenvalue weighted by atomic mass is 10.2. The van der Waals surface area contributed by atoms with Crippen LogP contribution in [0.3, 0.4) is 0 Å². The van der Waals surface area contributed by atoms with E-state index in [0.717, 1.165) is 5.75 Å². The quantitative estimate of drug-likeness (QED) is 0.619. The van der Waals surface area contributed by atoms with Crippen molar-refractivity contribution in [2.24, 2.45) is 0 Å². The molecule has 2 atom stereocenters. The third kappa shape index (κ3) is 2.19. The Morgan fingerprint density at radius 3 is 3.00 bits per heavy atom. The lowest BCUT2D eigenvalue weighted by Gasteiger charge is -2.05. The van der Waals surface area contributed by atoms with Gasteiger partial charge in [0.25, 0.3) is 0 Å². The van der Waals surface area contributed by atoms with E-state index < -0.39 is 5.97 Å². The van der Waals surface area contributed by atoms with Crippen LogP contribution in [0.1, 0.15) is 13.3 Å². The number of thioether (sulfide) groups is 1. The Balaban J connectivity index is 2.24. The zero-order chi connectivity index (χ0) is 7.56. The van der Waals surface area contributed by atoms with Crippen LogP contribution in [0.25, 0.3) is 0 Å². The lowest BCUT2D eigenvalue weighted by molar-refractivity contribution is -0.137. The van der Waals surface area contributed by atoms with Gasteiger partial charge in [-0.3, -0.25) is 4.79 Å². The van der Waals surface area contributed by atoms with Gasteiger partial charge in [0.05, 0.1) is 11.8 Å². The lowest BCUT2D eigenvalue weighted by Crippen LogP contribution is -2.30. The molecule has 1 rings (SSSR count). The highest BCUT2D eigenvalue weighted by Crippen LogP contribution is 2.19. The Labute approximate surface area is 64.2 Å². The topological polar surface area (TPSA) is 49.3 Å². The van der Waals surface area contributed by atoms with Crippen LogP contribution in [-0.2, 0) is 4.79 Å². The summed E-state index contributed by atoms with van der Waals surface area (Å²) >= 11 is 1.77. The maximum atomic E-state index is 10.2. The van der Waals surface area contributed by atoms with Crippen LogP contribution in [0.4, 0.5) is 0 Å². The number of hydrogen-bond donors (Lipinski definition) is 2. The van der Waals surface area contributed by atoms with Crippen molar-refractivity contribution in [2.75, 3.05) is 5.75 Å². The molecular weight excluding hydrogens is 150 g/mol. The number of carboxylic acids is 1. The van der Waals surface area contributed by atoms with Crippen LogP contribution in [0.15, 0.2) is 0 Å². The van der Waals surface area contributed by atoms with E-state index in [9.17, 15) is 4.79 Å². The molecule has 0 aromatic heterocycles. The molecule has 1 saturated heterocycles. The molecule has 4 heteroatoms. The molecule has 0 spiro atoms. The van der Waals surface area contributed by atoms with Gasteiger partial charge in [-0.1, -0.05) is 0 Å². The zero-order valence-electron chi connectivity index (χ0n) is 5.83. The molecule has 1 fully saturated rings. The van der Waals surface area contributed by atoms with Crippen molar-refractivity contribution in [3.63, 3.8) is 0 Å². The second-order valence-corrected chi connectivity index (χ2v) is 3.81. The normalized spacial score (nSPS) is 32.5. The largest absolute Gasteiger partial charge is 0.481 e. The summed E-state index contributed by atoms with van der Waals surface area (Å²) in [5, 5.41) is 12.0. The van der Waals surface area contributed by atoms with Gasteiger partial charge in [-0.2, -0.15) is 0 Å². The van der Waals surface area contributed by atoms with E-state index in [2.05, 4.69) is 5.32 Å². The number of carboxylic acid groups (broad SMARTS) is 1. The molecule has 2 N–H and O–H groups in total. The minimum atomic E-state index is -0.716. The average Bonchev–Trinajstić information content (AvgIpc) is 2.13. The summed E-state index contributed by atoms with van der Waals surface area (Å²) in [4.78, 5) is 10.2. The van der Waals surface area contributed by atoms with Gasteiger partial charge in [-0.15, -0.1) is 11.8 Å². The van der Waals surface area contributed by atoms with Gasteiger partial charge in [-0.05, 0) is 6.92 Å². The maximum Gasteiger partial charge on any atom is 0.304 e. The number of rotatable bonds is 2. The number of carbonyl (C=O) groups is 1. The molecule has 0 saturated carbocycles. The fourth-order valence-corrected chi connectivity index (χ4v) is 2.04. The fourth-order valence-electron chi connectivity index (χ4n) is 1.02. The standard InChI is InChI=1S/C6H11NO2S/c1-4-7-5(3-10-4)2-6(8)9/h4-5,7H,2-3H2,1H3,(H,8,9). The predicted octanol–water partition coefficient (Wildman–Crippen LogP) is 0.512. The molecule has 0 aromatic carbocycles. The van der Waals surface area contributed by atoms with E-state index in [4.69, 9.17) is 5.11 Å². The van der Waals surface area contributed by atoms with Crippen molar-refractivity contribution in [1.82, 2.24) is 5.32 Å². The number of aliphatic carboxylic acids is 1. The molecular formula is C6H11NO2S. The SMILES string of the molecule is CC1NC(CC(=O)O)CS1. The highest BCUT2D eigenvalue weighted by Gasteiger charge is 2.22. The summed E-state index contributed by atoms with van der Waals surface area (Å²) in [6.45, 7) is 2.05. The smallest absolute Gasteiger partial charge is 0.304 e. The van der Waals surface area contributed by atoms with Gasteiger partial charge in [0.2, 0.25) is 0 Å². The summed E-state index contributed by atoms with van der Waals surface area (Å²) < 4.78 is 0. The number of hydrogen-bond acceptors (Lipinski definition) is 3. The first-order chi connectivity index (χ1) is 4.68. The van der Waals surface area contributed by atoms with Gasteiger partial charge in [0.1, 0.15) is 0 Å². The average molecular weight is 161 g/mol. The summed E-state index contributed by atoms with van der Waals surface area (Å²) in [6, 6.07) is 0.178. The summed E-state index contributed by atoms with van der Waals surface area (Å²) in [7, 11) is 0. The molecule has 1 aliphatic heterocycles. The molecule has 58 valence electrons. The van der Waals surface area contributed by atoms with Gasteiger partial charge in [0, 0.05) is 11.8 Å². The predicted molar refractivity (Wildman–Crippen MR) is 41.1 cm³/mol. The molecule has 0 bridgehead atoms. The van der Waals surface area contributed by atoms with Crippen molar-refractivity contribution in [3.8, 4) is 0 Å². The highest BCUT2D eigenvalue weighted by molar-refractivity contribution is 8.00. The third-order valence-corrected chi connectivity index (χ3v) is 2.67. The Hall–Kier alpha value is -0.220. The van der Waals surface area contributed by atoms with E-state index in [-0.39, 0.29) is 12.5 Å². The Bertz CT molecular complexity index is 140. The monoisotopic (exact) mass is 161 g/mol. The summed E-state index contributed by atoms with van der Waals surface area (Å²) in [5.41, 5.74) is 0. The van der Waals surface area contributed by atoms with Gasteiger partial charge in [0.15, 0.2) is 0 Å². The maximum absolute atomic E-state index is 10.2. The van der Waals surface area contributed by atoms with Crippen LogP contribution in [-0.4, -0.2) is 28.2 Å². The van der Waals surface area contributed by atoms with Crippen molar-refractivity contribution in [3.05, 3.63) is 0 Å². The molecule has 0 aliphatic carbocycles. The molecule has 1 heterocycles. The fraction of sp³-hybridized carbons (Fsp3) is 0.833. The van der Waals surface area contributed by atoms with E-state index in [0.29, 0.717) is 5.37 Å². The van der Waals surface area contributed by atoms with Crippen molar-refractivity contribution in [1.29, 1.82) is 0 Å². The van der Waals surface area contributed by atoms with Crippen LogP contribution in [0, 0.1) is 0 Å². The second-order valence-electron chi connectivity index (χ2n) is 2.44. The first-order valence-electron chi connectivity index (χ1n) is 3.28. The van der Waals surface area contributed by atoms with Gasteiger partial charge in [-0.25, -0.2) is 0 Å². The Morgan fingerprint density at radius 2 is 2.60 bits per heavy atom. The first-order valence-corrected chi connectivity index (χ1v) is 4.33. The minimum Gasteiger partial charge on any atom is -0.481 e. The van der Waals surface area contributed by atoms with Crippen LogP contribution < -0.4 is 5.32 Å². The van der Waals surface area contributed by atoms with E-state index in [1.54, 1.807) is 11.8 Å². The second kappa shape index (κ2) is 3.25. The van der Waals surface area contributed by atoms with Crippen molar-refractivity contribution >= 4 is 17.7 Å². The highest BCUT2D eigenvalue weighted by atomic mass is 32.2. The first kappa shape index (κ1) is 7.88. The van der Waals surface area contributed by atoms with Crippen molar-refractivity contribution < 1.29 is 9.90 Å². The van der Waals surface area contributed by atoms with Crippen LogP contribution in [0.2, 0.25) is 0 Å². The molecule has 0 radical (unpaired) electrons.